The third-order valence-corrected chi connectivity index (χ3v) is 2.81. The summed E-state index contributed by atoms with van der Waals surface area (Å²) in [5.74, 6) is 0. The van der Waals surface area contributed by atoms with Crippen molar-refractivity contribution in [1.29, 1.82) is 0 Å². The summed E-state index contributed by atoms with van der Waals surface area (Å²) in [6.45, 7) is 7.76. The predicted molar refractivity (Wildman–Crippen MR) is 75.1 cm³/mol. The van der Waals surface area contributed by atoms with Crippen LogP contribution >= 0.6 is 0 Å². The van der Waals surface area contributed by atoms with Gasteiger partial charge >= 0.3 is 0 Å². The van der Waals surface area contributed by atoms with Crippen molar-refractivity contribution in [3.05, 3.63) is 35.9 Å². The Labute approximate surface area is 106 Å². The molecule has 0 aromatic heterocycles. The summed E-state index contributed by atoms with van der Waals surface area (Å²) in [4.78, 5) is 2.39. The van der Waals surface area contributed by atoms with Crippen LogP contribution in [0.4, 0.5) is 0 Å². The minimum Gasteiger partial charge on any atom is -0.315 e. The van der Waals surface area contributed by atoms with Crippen molar-refractivity contribution in [2.45, 2.75) is 39.3 Å². The molecular weight excluding hydrogens is 208 g/mol. The molecule has 0 aliphatic carbocycles. The van der Waals surface area contributed by atoms with E-state index in [1.807, 2.05) is 0 Å². The van der Waals surface area contributed by atoms with E-state index in [4.69, 9.17) is 0 Å². The van der Waals surface area contributed by atoms with Gasteiger partial charge in [0.25, 0.3) is 0 Å². The summed E-state index contributed by atoms with van der Waals surface area (Å²) in [5, 5.41) is 3.45. The van der Waals surface area contributed by atoms with E-state index < -0.39 is 0 Å². The number of nitrogens with one attached hydrogen (secondary N) is 1. The van der Waals surface area contributed by atoms with Crippen LogP contribution in [0.25, 0.3) is 0 Å². The molecule has 2 nitrogen and oxygen atoms in total. The molecule has 0 atom stereocenters. The second kappa shape index (κ2) is 8.26. The first-order chi connectivity index (χ1) is 8.18. The molecule has 0 unspecified atom stereocenters. The van der Waals surface area contributed by atoms with Crippen LogP contribution in [0.15, 0.2) is 30.3 Å². The lowest BCUT2D eigenvalue weighted by atomic mass is 10.2. The Morgan fingerprint density at radius 3 is 2.47 bits per heavy atom. The fourth-order valence-electron chi connectivity index (χ4n) is 1.87. The molecule has 0 saturated heterocycles. The van der Waals surface area contributed by atoms with E-state index in [9.17, 15) is 0 Å². The summed E-state index contributed by atoms with van der Waals surface area (Å²) < 4.78 is 0. The average Bonchev–Trinajstić information content (AvgIpc) is 2.29. The molecule has 0 heterocycles. The minimum absolute atomic E-state index is 0.608. The lowest BCUT2D eigenvalue weighted by Gasteiger charge is -2.16. The van der Waals surface area contributed by atoms with Crippen LogP contribution in [0.5, 0.6) is 0 Å². The zero-order chi connectivity index (χ0) is 12.5. The van der Waals surface area contributed by atoms with E-state index in [1.165, 1.54) is 24.9 Å². The third-order valence-electron chi connectivity index (χ3n) is 2.81. The molecule has 2 heteroatoms. The average molecular weight is 234 g/mol. The lowest BCUT2D eigenvalue weighted by molar-refractivity contribution is 0.317. The maximum atomic E-state index is 3.45. The fourth-order valence-corrected chi connectivity index (χ4v) is 1.87. The van der Waals surface area contributed by atoms with Crippen molar-refractivity contribution in [1.82, 2.24) is 10.2 Å². The molecule has 17 heavy (non-hydrogen) atoms. The molecule has 1 aromatic rings. The predicted octanol–water partition coefficient (Wildman–Crippen LogP) is 2.90. The highest BCUT2D eigenvalue weighted by Gasteiger charge is 1.99. The van der Waals surface area contributed by atoms with E-state index in [0.717, 1.165) is 13.1 Å². The molecular formula is C15H26N2. The number of hydrogen-bond acceptors (Lipinski definition) is 2. The SMILES string of the molecule is CC(C)NCCCCN(C)Cc1ccccc1. The molecule has 1 rings (SSSR count). The molecule has 96 valence electrons. The standard InChI is InChI=1S/C15H26N2/c1-14(2)16-11-7-8-12-17(3)13-15-9-5-4-6-10-15/h4-6,9-10,14,16H,7-8,11-13H2,1-3H3. The van der Waals surface area contributed by atoms with Crippen LogP contribution in [0.1, 0.15) is 32.3 Å². The molecule has 1 aromatic carbocycles. The lowest BCUT2D eigenvalue weighted by Crippen LogP contribution is -2.25. The molecule has 0 spiro atoms. The first-order valence-electron chi connectivity index (χ1n) is 6.64. The van der Waals surface area contributed by atoms with E-state index in [0.29, 0.717) is 6.04 Å². The van der Waals surface area contributed by atoms with Gasteiger partial charge < -0.3 is 10.2 Å². The molecule has 0 saturated carbocycles. The molecule has 0 aliphatic rings. The van der Waals surface area contributed by atoms with Gasteiger partial charge in [0.05, 0.1) is 0 Å². The smallest absolute Gasteiger partial charge is 0.0230 e. The van der Waals surface area contributed by atoms with Crippen molar-refractivity contribution in [3.8, 4) is 0 Å². The Kier molecular flexibility index (Phi) is 6.90. The van der Waals surface area contributed by atoms with Gasteiger partial charge in [-0.05, 0) is 38.5 Å². The van der Waals surface area contributed by atoms with Gasteiger partial charge in [-0.2, -0.15) is 0 Å². The van der Waals surface area contributed by atoms with Gasteiger partial charge in [-0.1, -0.05) is 44.2 Å². The topological polar surface area (TPSA) is 15.3 Å². The summed E-state index contributed by atoms with van der Waals surface area (Å²) in [6.07, 6.45) is 2.53. The van der Waals surface area contributed by atoms with Gasteiger partial charge in [0.2, 0.25) is 0 Å². The minimum atomic E-state index is 0.608. The van der Waals surface area contributed by atoms with Gasteiger partial charge in [0.1, 0.15) is 0 Å². The normalized spacial score (nSPS) is 11.4. The Morgan fingerprint density at radius 1 is 1.12 bits per heavy atom. The first kappa shape index (κ1) is 14.2. The van der Waals surface area contributed by atoms with Crippen LogP contribution in [-0.4, -0.2) is 31.1 Å². The summed E-state index contributed by atoms with van der Waals surface area (Å²) in [7, 11) is 2.20. The first-order valence-corrected chi connectivity index (χ1v) is 6.64. The third kappa shape index (κ3) is 7.14. The van der Waals surface area contributed by atoms with Crippen molar-refractivity contribution < 1.29 is 0 Å². The quantitative estimate of drug-likeness (QED) is 0.696. The maximum absolute atomic E-state index is 3.45. The second-order valence-electron chi connectivity index (χ2n) is 5.04. The molecule has 1 N–H and O–H groups in total. The van der Waals surface area contributed by atoms with Crippen LogP contribution < -0.4 is 5.32 Å². The molecule has 0 radical (unpaired) electrons. The largest absolute Gasteiger partial charge is 0.315 e. The van der Waals surface area contributed by atoms with Crippen LogP contribution in [0.3, 0.4) is 0 Å². The van der Waals surface area contributed by atoms with E-state index in [2.05, 4.69) is 61.4 Å². The number of unbranched alkanes of at least 4 members (excludes halogenated alkanes) is 1. The highest BCUT2D eigenvalue weighted by molar-refractivity contribution is 5.14. The highest BCUT2D eigenvalue weighted by Crippen LogP contribution is 2.03. The second-order valence-corrected chi connectivity index (χ2v) is 5.04. The van der Waals surface area contributed by atoms with E-state index in [-0.39, 0.29) is 0 Å². The number of hydrogen-bond donors (Lipinski definition) is 1. The van der Waals surface area contributed by atoms with Crippen molar-refractivity contribution in [2.75, 3.05) is 20.1 Å². The zero-order valence-electron chi connectivity index (χ0n) is 11.4. The van der Waals surface area contributed by atoms with E-state index in [1.54, 1.807) is 0 Å². The zero-order valence-corrected chi connectivity index (χ0v) is 11.4. The summed E-state index contributed by atoms with van der Waals surface area (Å²) in [5.41, 5.74) is 1.40. The molecule has 0 amide bonds. The molecule has 0 aliphatic heterocycles. The van der Waals surface area contributed by atoms with Crippen molar-refractivity contribution in [2.24, 2.45) is 0 Å². The van der Waals surface area contributed by atoms with E-state index >= 15 is 0 Å². The van der Waals surface area contributed by atoms with Gasteiger partial charge in [-0.15, -0.1) is 0 Å². The van der Waals surface area contributed by atoms with Gasteiger partial charge in [-0.25, -0.2) is 0 Å². The Balaban J connectivity index is 2.07. The highest BCUT2D eigenvalue weighted by atomic mass is 15.1. The number of rotatable bonds is 8. The van der Waals surface area contributed by atoms with Crippen molar-refractivity contribution in [3.63, 3.8) is 0 Å². The number of nitrogens with zero attached hydrogens (tertiary/aromatic N) is 1. The monoisotopic (exact) mass is 234 g/mol. The summed E-state index contributed by atoms with van der Waals surface area (Å²) >= 11 is 0. The van der Waals surface area contributed by atoms with Crippen LogP contribution in [0.2, 0.25) is 0 Å². The molecule has 0 fully saturated rings. The van der Waals surface area contributed by atoms with Crippen molar-refractivity contribution >= 4 is 0 Å². The Hall–Kier alpha value is -0.860. The Morgan fingerprint density at radius 2 is 1.82 bits per heavy atom. The van der Waals surface area contributed by atoms with Gasteiger partial charge in [0.15, 0.2) is 0 Å². The van der Waals surface area contributed by atoms with Gasteiger partial charge in [0, 0.05) is 12.6 Å². The Bertz CT molecular complexity index is 282. The number of benzene rings is 1. The molecule has 0 bridgehead atoms. The summed E-state index contributed by atoms with van der Waals surface area (Å²) in [6, 6.07) is 11.3. The fraction of sp³-hybridized carbons (Fsp3) is 0.600. The maximum Gasteiger partial charge on any atom is 0.0230 e. The van der Waals surface area contributed by atoms with Crippen LogP contribution in [0, 0.1) is 0 Å². The van der Waals surface area contributed by atoms with Crippen LogP contribution in [-0.2, 0) is 6.54 Å². The van der Waals surface area contributed by atoms with Gasteiger partial charge in [-0.3, -0.25) is 0 Å².